The average molecular weight is 225 g/mol. The first-order chi connectivity index (χ1) is 7.29. The minimum Gasteiger partial charge on any atom is -0.315 e. The van der Waals surface area contributed by atoms with Gasteiger partial charge in [-0.15, -0.1) is 11.3 Å². The lowest BCUT2D eigenvalue weighted by Crippen LogP contribution is -2.45. The second-order valence-electron chi connectivity index (χ2n) is 4.21. The van der Waals surface area contributed by atoms with Gasteiger partial charge in [-0.2, -0.15) is 0 Å². The number of likely N-dealkylation sites (N-methyl/N-ethyl adjacent to an activating group) is 1. The third-order valence-electron chi connectivity index (χ3n) is 3.27. The lowest BCUT2D eigenvalue weighted by molar-refractivity contribution is 0.156. The molecule has 15 heavy (non-hydrogen) atoms. The van der Waals surface area contributed by atoms with Crippen LogP contribution in [0.15, 0.2) is 11.6 Å². The molecule has 1 fully saturated rings. The molecule has 0 saturated carbocycles. The topological polar surface area (TPSA) is 28.2 Å². The summed E-state index contributed by atoms with van der Waals surface area (Å²) in [5, 5.41) is 6.74. The zero-order valence-electron chi connectivity index (χ0n) is 9.44. The van der Waals surface area contributed by atoms with Gasteiger partial charge in [-0.05, 0) is 33.4 Å². The maximum Gasteiger partial charge on any atom is 0.109 e. The third-order valence-corrected chi connectivity index (χ3v) is 4.21. The quantitative estimate of drug-likeness (QED) is 0.851. The van der Waals surface area contributed by atoms with Crippen molar-refractivity contribution >= 4 is 11.3 Å². The van der Waals surface area contributed by atoms with Crippen LogP contribution in [-0.2, 0) is 0 Å². The normalized spacial score (nSPS) is 24.3. The Morgan fingerprint density at radius 1 is 1.67 bits per heavy atom. The van der Waals surface area contributed by atoms with E-state index in [-0.39, 0.29) is 0 Å². The molecule has 3 nitrogen and oxygen atoms in total. The molecule has 4 heteroatoms. The maximum atomic E-state index is 4.39. The first-order valence-corrected chi connectivity index (χ1v) is 6.49. The summed E-state index contributed by atoms with van der Waals surface area (Å²) in [4.78, 5) is 6.84. The number of nitrogens with zero attached hydrogens (tertiary/aromatic N) is 2. The van der Waals surface area contributed by atoms with Gasteiger partial charge in [0, 0.05) is 24.2 Å². The molecule has 0 aliphatic carbocycles. The molecule has 0 aromatic carbocycles. The highest BCUT2D eigenvalue weighted by atomic mass is 32.1. The zero-order chi connectivity index (χ0) is 10.7. The fourth-order valence-electron chi connectivity index (χ4n) is 2.11. The highest BCUT2D eigenvalue weighted by molar-refractivity contribution is 7.09. The molecule has 0 amide bonds. The van der Waals surface area contributed by atoms with Gasteiger partial charge in [0.05, 0.1) is 6.04 Å². The molecule has 2 atom stereocenters. The van der Waals surface area contributed by atoms with Gasteiger partial charge in [0.25, 0.3) is 0 Å². The van der Waals surface area contributed by atoms with Crippen LogP contribution in [0.1, 0.15) is 30.8 Å². The smallest absolute Gasteiger partial charge is 0.109 e. The maximum absolute atomic E-state index is 4.39. The van der Waals surface area contributed by atoms with Crippen LogP contribution in [0.4, 0.5) is 0 Å². The molecule has 1 aliphatic rings. The predicted octanol–water partition coefficient (Wildman–Crippen LogP) is 1.89. The highest BCUT2D eigenvalue weighted by Gasteiger charge is 2.23. The van der Waals surface area contributed by atoms with E-state index >= 15 is 0 Å². The molecular formula is C11H19N3S. The summed E-state index contributed by atoms with van der Waals surface area (Å²) < 4.78 is 0. The Bertz CT molecular complexity index is 280. The van der Waals surface area contributed by atoms with E-state index in [2.05, 4.69) is 34.6 Å². The first-order valence-electron chi connectivity index (χ1n) is 5.61. The molecule has 1 aromatic heterocycles. The summed E-state index contributed by atoms with van der Waals surface area (Å²) in [5.74, 6) is 0. The molecular weight excluding hydrogens is 206 g/mol. The van der Waals surface area contributed by atoms with E-state index in [1.165, 1.54) is 24.4 Å². The molecule has 0 bridgehead atoms. The first kappa shape index (κ1) is 11.0. The number of hydrogen-bond donors (Lipinski definition) is 1. The van der Waals surface area contributed by atoms with E-state index in [9.17, 15) is 0 Å². The lowest BCUT2D eigenvalue weighted by Gasteiger charge is -2.35. The van der Waals surface area contributed by atoms with E-state index in [4.69, 9.17) is 0 Å². The largest absolute Gasteiger partial charge is 0.315 e. The number of rotatable bonds is 3. The molecule has 0 spiro atoms. The van der Waals surface area contributed by atoms with Crippen LogP contribution in [0.2, 0.25) is 0 Å². The van der Waals surface area contributed by atoms with E-state index < -0.39 is 0 Å². The second kappa shape index (κ2) is 5.05. The van der Waals surface area contributed by atoms with Gasteiger partial charge in [0.15, 0.2) is 0 Å². The van der Waals surface area contributed by atoms with Crippen molar-refractivity contribution < 1.29 is 0 Å². The Balaban J connectivity index is 1.97. The lowest BCUT2D eigenvalue weighted by atomic mass is 10.1. The van der Waals surface area contributed by atoms with E-state index in [1.807, 2.05) is 6.20 Å². The van der Waals surface area contributed by atoms with Crippen molar-refractivity contribution in [3.8, 4) is 0 Å². The summed E-state index contributed by atoms with van der Waals surface area (Å²) in [5.41, 5.74) is 0. The molecule has 1 aromatic rings. The van der Waals surface area contributed by atoms with Gasteiger partial charge in [-0.25, -0.2) is 4.98 Å². The van der Waals surface area contributed by atoms with Gasteiger partial charge in [0.1, 0.15) is 5.01 Å². The summed E-state index contributed by atoms with van der Waals surface area (Å²) in [6, 6.07) is 1.10. The molecule has 2 unspecified atom stereocenters. The second-order valence-corrected chi connectivity index (χ2v) is 5.14. The fraction of sp³-hybridized carbons (Fsp3) is 0.727. The van der Waals surface area contributed by atoms with Crippen LogP contribution in [0.5, 0.6) is 0 Å². The van der Waals surface area contributed by atoms with Crippen molar-refractivity contribution in [3.05, 3.63) is 16.6 Å². The van der Waals surface area contributed by atoms with Crippen molar-refractivity contribution in [2.45, 2.75) is 31.8 Å². The van der Waals surface area contributed by atoms with Crippen LogP contribution in [0.25, 0.3) is 0 Å². The van der Waals surface area contributed by atoms with E-state index in [0.717, 1.165) is 6.54 Å². The van der Waals surface area contributed by atoms with E-state index in [0.29, 0.717) is 12.1 Å². The van der Waals surface area contributed by atoms with Gasteiger partial charge in [-0.1, -0.05) is 0 Å². The summed E-state index contributed by atoms with van der Waals surface area (Å²) in [7, 11) is 2.21. The molecule has 84 valence electrons. The van der Waals surface area contributed by atoms with Crippen molar-refractivity contribution in [1.82, 2.24) is 15.2 Å². The Kier molecular flexibility index (Phi) is 3.72. The van der Waals surface area contributed by atoms with Gasteiger partial charge < -0.3 is 5.32 Å². The Hall–Kier alpha value is -0.450. The standard InChI is InChI=1S/C11H19N3S/c1-9(11-13-6-7-15-11)14(2)10-4-3-5-12-8-10/h6-7,9-10,12H,3-5,8H2,1-2H3. The number of thiazole rings is 1. The van der Waals surface area contributed by atoms with Crippen molar-refractivity contribution in [1.29, 1.82) is 0 Å². The minimum atomic E-state index is 0.440. The van der Waals surface area contributed by atoms with Gasteiger partial charge in [-0.3, -0.25) is 4.90 Å². The number of hydrogen-bond acceptors (Lipinski definition) is 4. The predicted molar refractivity (Wildman–Crippen MR) is 64.2 cm³/mol. The molecule has 2 heterocycles. The van der Waals surface area contributed by atoms with Crippen molar-refractivity contribution in [2.24, 2.45) is 0 Å². The molecule has 1 aliphatic heterocycles. The SMILES string of the molecule is CC(c1nccs1)N(C)C1CCCNC1. The number of piperidine rings is 1. The van der Waals surface area contributed by atoms with E-state index in [1.54, 1.807) is 11.3 Å². The summed E-state index contributed by atoms with van der Waals surface area (Å²) >= 11 is 1.75. The van der Waals surface area contributed by atoms with Gasteiger partial charge in [0.2, 0.25) is 0 Å². The van der Waals surface area contributed by atoms with Crippen LogP contribution in [0, 0.1) is 0 Å². The molecule has 2 rings (SSSR count). The molecule has 0 radical (unpaired) electrons. The zero-order valence-corrected chi connectivity index (χ0v) is 10.3. The fourth-order valence-corrected chi connectivity index (χ4v) is 2.86. The Morgan fingerprint density at radius 3 is 3.13 bits per heavy atom. The van der Waals surface area contributed by atoms with Gasteiger partial charge >= 0.3 is 0 Å². The summed E-state index contributed by atoms with van der Waals surface area (Å²) in [6.45, 7) is 4.54. The molecule has 1 saturated heterocycles. The Morgan fingerprint density at radius 2 is 2.53 bits per heavy atom. The average Bonchev–Trinajstić information content (AvgIpc) is 2.82. The Labute approximate surface area is 95.5 Å². The highest BCUT2D eigenvalue weighted by Crippen LogP contribution is 2.24. The van der Waals surface area contributed by atoms with Crippen LogP contribution in [-0.4, -0.2) is 36.1 Å². The third kappa shape index (κ3) is 2.56. The number of aromatic nitrogens is 1. The summed E-state index contributed by atoms with van der Waals surface area (Å²) in [6.07, 6.45) is 4.49. The monoisotopic (exact) mass is 225 g/mol. The van der Waals surface area contributed by atoms with Crippen LogP contribution < -0.4 is 5.32 Å². The molecule has 1 N–H and O–H groups in total. The van der Waals surface area contributed by atoms with Crippen molar-refractivity contribution in [2.75, 3.05) is 20.1 Å². The van der Waals surface area contributed by atoms with Crippen molar-refractivity contribution in [3.63, 3.8) is 0 Å². The van der Waals surface area contributed by atoms with Crippen LogP contribution >= 0.6 is 11.3 Å². The van der Waals surface area contributed by atoms with Crippen LogP contribution in [0.3, 0.4) is 0 Å². The number of nitrogens with one attached hydrogen (secondary N) is 1. The minimum absolute atomic E-state index is 0.440.